The van der Waals surface area contributed by atoms with Crippen molar-refractivity contribution in [1.82, 2.24) is 29.6 Å². The molecule has 0 aliphatic carbocycles. The number of carboxylic acid groups (broad SMARTS) is 2. The summed E-state index contributed by atoms with van der Waals surface area (Å²) in [4.78, 5) is 68.0. The monoisotopic (exact) mass is 708 g/mol. The van der Waals surface area contributed by atoms with Crippen molar-refractivity contribution in [3.63, 3.8) is 0 Å². The number of piperazine rings is 3. The Kier molecular flexibility index (Phi) is 11.9. The highest BCUT2D eigenvalue weighted by Crippen LogP contribution is 2.21. The van der Waals surface area contributed by atoms with Crippen LogP contribution in [0, 0.1) is 0 Å². The molecule has 2 amide bonds. The first-order chi connectivity index (χ1) is 25.2. The Morgan fingerprint density at radius 3 is 1.23 bits per heavy atom. The highest BCUT2D eigenvalue weighted by molar-refractivity contribution is 5.89. The molecule has 2 N–H and O–H groups in total. The van der Waals surface area contributed by atoms with Gasteiger partial charge < -0.3 is 29.8 Å². The smallest absolute Gasteiger partial charge is 0.328 e. The van der Waals surface area contributed by atoms with E-state index in [-0.39, 0.29) is 11.8 Å². The zero-order valence-electron chi connectivity index (χ0n) is 29.1. The van der Waals surface area contributed by atoms with Crippen molar-refractivity contribution >= 4 is 57.2 Å². The number of para-hydroxylation sites is 2. The van der Waals surface area contributed by atoms with E-state index in [9.17, 15) is 19.2 Å². The van der Waals surface area contributed by atoms with Crippen LogP contribution in [0.1, 0.15) is 0 Å². The van der Waals surface area contributed by atoms with Crippen LogP contribution >= 0.6 is 0 Å². The number of hydrogen-bond donors (Lipinski definition) is 2. The van der Waals surface area contributed by atoms with Gasteiger partial charge in [0.1, 0.15) is 11.6 Å². The van der Waals surface area contributed by atoms with E-state index in [2.05, 4.69) is 56.0 Å². The van der Waals surface area contributed by atoms with Gasteiger partial charge in [0.05, 0.1) is 24.1 Å². The van der Waals surface area contributed by atoms with Gasteiger partial charge >= 0.3 is 11.9 Å². The Morgan fingerprint density at radius 1 is 0.500 bits per heavy atom. The fourth-order valence-electron chi connectivity index (χ4n) is 6.66. The van der Waals surface area contributed by atoms with Gasteiger partial charge in [-0.05, 0) is 36.4 Å². The van der Waals surface area contributed by atoms with Crippen LogP contribution in [0.2, 0.25) is 0 Å². The van der Waals surface area contributed by atoms with Crippen molar-refractivity contribution in [2.24, 2.45) is 0 Å². The fraction of sp³-hybridized carbons (Fsp3) is 0.368. The van der Waals surface area contributed by atoms with Crippen molar-refractivity contribution in [2.45, 2.75) is 0 Å². The highest BCUT2D eigenvalue weighted by Gasteiger charge is 2.28. The Bertz CT molecular complexity index is 1780. The number of rotatable bonds is 8. The standard InChI is InChI=1S/C34H40N8O2.C4H4O4/c43-33(41-21-17-39(18-22-41)31-11-9-27-5-1-3-7-29(27)35-31)25-37-13-15-38(16-14-37)26-34(44)42-23-19-40(20-24-42)32-12-10-28-6-2-4-8-30(28)36-32;5-3(6)1-2-4(7)8/h1-12H,13-26H2;1-2H,(H,5,6)(H,7,8)/b;2-1+. The molecule has 2 aromatic heterocycles. The first-order valence-electron chi connectivity index (χ1n) is 17.6. The number of pyridine rings is 2. The van der Waals surface area contributed by atoms with Crippen LogP contribution in [0.25, 0.3) is 21.8 Å². The second kappa shape index (κ2) is 17.1. The number of amides is 2. The predicted octanol–water partition coefficient (Wildman–Crippen LogP) is 2.11. The number of carbonyl (C=O) groups excluding carboxylic acids is 2. The molecule has 3 aliphatic rings. The minimum absolute atomic E-state index is 0.194. The molecule has 0 spiro atoms. The van der Waals surface area contributed by atoms with Crippen LogP contribution in [0.3, 0.4) is 0 Å². The molecule has 0 unspecified atom stereocenters. The van der Waals surface area contributed by atoms with Crippen LogP contribution < -0.4 is 9.80 Å². The number of benzene rings is 2. The van der Waals surface area contributed by atoms with E-state index in [4.69, 9.17) is 20.2 Å². The normalized spacial score (nSPS) is 17.3. The third kappa shape index (κ3) is 9.59. The lowest BCUT2D eigenvalue weighted by molar-refractivity contribution is -0.135. The van der Waals surface area contributed by atoms with E-state index in [1.807, 2.05) is 46.2 Å². The molecule has 0 atom stereocenters. The van der Waals surface area contributed by atoms with Crippen LogP contribution in [-0.2, 0) is 19.2 Å². The molecule has 5 heterocycles. The highest BCUT2D eigenvalue weighted by atomic mass is 16.4. The van der Waals surface area contributed by atoms with Gasteiger partial charge in [-0.15, -0.1) is 0 Å². The van der Waals surface area contributed by atoms with E-state index < -0.39 is 11.9 Å². The lowest BCUT2D eigenvalue weighted by Gasteiger charge is -2.39. The Labute approximate surface area is 302 Å². The second-order valence-electron chi connectivity index (χ2n) is 13.0. The summed E-state index contributed by atoms with van der Waals surface area (Å²) < 4.78 is 0. The van der Waals surface area contributed by atoms with E-state index in [1.165, 1.54) is 0 Å². The van der Waals surface area contributed by atoms with Crippen LogP contribution in [0.4, 0.5) is 11.6 Å². The molecular formula is C38H44N8O6. The number of hydrogen-bond acceptors (Lipinski definition) is 10. The summed E-state index contributed by atoms with van der Waals surface area (Å²) in [6.07, 6.45) is 1.12. The van der Waals surface area contributed by atoms with Gasteiger partial charge in [-0.2, -0.15) is 0 Å². The van der Waals surface area contributed by atoms with Crippen molar-refractivity contribution < 1.29 is 29.4 Å². The van der Waals surface area contributed by atoms with Crippen molar-refractivity contribution in [1.29, 1.82) is 0 Å². The molecule has 0 bridgehead atoms. The average molecular weight is 709 g/mol. The first-order valence-corrected chi connectivity index (χ1v) is 17.6. The Balaban J connectivity index is 0.000000522. The van der Waals surface area contributed by atoms with Gasteiger partial charge in [-0.25, -0.2) is 19.6 Å². The fourth-order valence-corrected chi connectivity index (χ4v) is 6.66. The molecule has 14 heteroatoms. The first kappa shape index (κ1) is 36.2. The molecule has 272 valence electrons. The van der Waals surface area contributed by atoms with E-state index in [0.717, 1.165) is 85.8 Å². The summed E-state index contributed by atoms with van der Waals surface area (Å²) in [5.74, 6) is -0.172. The number of aromatic nitrogens is 2. The minimum atomic E-state index is -1.26. The van der Waals surface area contributed by atoms with E-state index in [1.54, 1.807) is 0 Å². The number of anilines is 2. The second-order valence-corrected chi connectivity index (χ2v) is 13.0. The number of fused-ring (bicyclic) bond motifs is 2. The SMILES string of the molecule is O=C(CN1CCN(CC(=O)N2CCN(c3ccc4ccccc4n3)CC2)CC1)N1CCN(c2ccc3ccccc3n2)CC1.O=C(O)/C=C/C(=O)O. The maximum Gasteiger partial charge on any atom is 0.328 e. The summed E-state index contributed by atoms with van der Waals surface area (Å²) in [6.45, 7) is 10.1. The summed E-state index contributed by atoms with van der Waals surface area (Å²) in [5, 5.41) is 17.9. The van der Waals surface area contributed by atoms with Crippen LogP contribution in [0.15, 0.2) is 84.9 Å². The Hall–Kier alpha value is -5.60. The molecule has 2 aromatic carbocycles. The van der Waals surface area contributed by atoms with Gasteiger partial charge in [-0.3, -0.25) is 19.4 Å². The zero-order valence-corrected chi connectivity index (χ0v) is 29.1. The third-order valence-corrected chi connectivity index (χ3v) is 9.63. The topological polar surface area (TPSA) is 154 Å². The third-order valence-electron chi connectivity index (χ3n) is 9.63. The van der Waals surface area contributed by atoms with Crippen molar-refractivity contribution in [3.05, 3.63) is 84.9 Å². The van der Waals surface area contributed by atoms with Gasteiger partial charge in [0.15, 0.2) is 0 Å². The van der Waals surface area contributed by atoms with Crippen LogP contribution in [-0.4, -0.2) is 155 Å². The minimum Gasteiger partial charge on any atom is -0.478 e. The summed E-state index contributed by atoms with van der Waals surface area (Å²) >= 11 is 0. The molecular weight excluding hydrogens is 664 g/mol. The number of nitrogens with zero attached hydrogens (tertiary/aromatic N) is 8. The largest absolute Gasteiger partial charge is 0.478 e. The quantitative estimate of drug-likeness (QED) is 0.258. The van der Waals surface area contributed by atoms with Gasteiger partial charge in [0.2, 0.25) is 11.8 Å². The lowest BCUT2D eigenvalue weighted by Crippen LogP contribution is -2.56. The summed E-state index contributed by atoms with van der Waals surface area (Å²) in [6, 6.07) is 24.7. The average Bonchev–Trinajstić information content (AvgIpc) is 3.18. The van der Waals surface area contributed by atoms with Crippen molar-refractivity contribution in [2.75, 3.05) is 101 Å². The lowest BCUT2D eigenvalue weighted by atomic mass is 10.2. The molecule has 14 nitrogen and oxygen atoms in total. The van der Waals surface area contributed by atoms with E-state index in [0.29, 0.717) is 51.4 Å². The summed E-state index contributed by atoms with van der Waals surface area (Å²) in [5.41, 5.74) is 2.00. The molecule has 7 rings (SSSR count). The molecule has 0 radical (unpaired) electrons. The number of aliphatic carboxylic acids is 2. The Morgan fingerprint density at radius 2 is 0.865 bits per heavy atom. The van der Waals surface area contributed by atoms with Crippen molar-refractivity contribution in [3.8, 4) is 0 Å². The maximum absolute atomic E-state index is 13.1. The van der Waals surface area contributed by atoms with E-state index >= 15 is 0 Å². The molecule has 4 aromatic rings. The molecule has 52 heavy (non-hydrogen) atoms. The summed E-state index contributed by atoms with van der Waals surface area (Å²) in [7, 11) is 0. The van der Waals surface area contributed by atoms with Gasteiger partial charge in [0, 0.05) is 101 Å². The predicted molar refractivity (Wildman–Crippen MR) is 198 cm³/mol. The molecule has 3 aliphatic heterocycles. The number of carbonyl (C=O) groups is 4. The van der Waals surface area contributed by atoms with Gasteiger partial charge in [-0.1, -0.05) is 36.4 Å². The van der Waals surface area contributed by atoms with Gasteiger partial charge in [0.25, 0.3) is 0 Å². The zero-order chi connectivity index (χ0) is 36.5. The maximum atomic E-state index is 13.1. The molecule has 3 fully saturated rings. The number of carboxylic acids is 2. The van der Waals surface area contributed by atoms with Crippen LogP contribution in [0.5, 0.6) is 0 Å². The molecule has 3 saturated heterocycles. The molecule has 0 saturated carbocycles.